The number of rotatable bonds is 4. The van der Waals surface area contributed by atoms with Crippen LogP contribution in [0.5, 0.6) is 0 Å². The number of halogens is 1. The fourth-order valence-electron chi connectivity index (χ4n) is 2.43. The van der Waals surface area contributed by atoms with Crippen molar-refractivity contribution in [2.45, 2.75) is 25.3 Å². The molecular formula is C16H19ClN2. The minimum atomic E-state index is -0.166. The molecule has 3 N–H and O–H groups in total. The highest BCUT2D eigenvalue weighted by Crippen LogP contribution is 2.38. The number of hydrogen-bond donors (Lipinski definition) is 2. The fourth-order valence-corrected chi connectivity index (χ4v) is 2.68. The van der Waals surface area contributed by atoms with Gasteiger partial charge >= 0.3 is 0 Å². The highest BCUT2D eigenvalue weighted by molar-refractivity contribution is 6.31. The molecule has 0 aliphatic carbocycles. The summed E-state index contributed by atoms with van der Waals surface area (Å²) in [5.74, 6) is 5.79. The van der Waals surface area contributed by atoms with Crippen LogP contribution in [0.4, 0.5) is 0 Å². The molecule has 2 aromatic carbocycles. The van der Waals surface area contributed by atoms with Gasteiger partial charge in [-0.2, -0.15) is 0 Å². The molecule has 2 nitrogen and oxygen atoms in total. The van der Waals surface area contributed by atoms with Crippen molar-refractivity contribution < 1.29 is 0 Å². The summed E-state index contributed by atoms with van der Waals surface area (Å²) in [5.41, 5.74) is 4.98. The van der Waals surface area contributed by atoms with Gasteiger partial charge < -0.3 is 0 Å². The lowest BCUT2D eigenvalue weighted by molar-refractivity contribution is 0.353. The molecule has 0 saturated carbocycles. The van der Waals surface area contributed by atoms with E-state index >= 15 is 0 Å². The zero-order valence-corrected chi connectivity index (χ0v) is 12.0. The number of hydrazine groups is 1. The molecule has 19 heavy (non-hydrogen) atoms. The second-order valence-electron chi connectivity index (χ2n) is 5.21. The fraction of sp³-hybridized carbons (Fsp3) is 0.250. The van der Waals surface area contributed by atoms with Gasteiger partial charge in [-0.1, -0.05) is 74.0 Å². The molecule has 0 aromatic heterocycles. The third-order valence-corrected chi connectivity index (χ3v) is 3.97. The molecule has 0 heterocycles. The second-order valence-corrected chi connectivity index (χ2v) is 5.62. The highest BCUT2D eigenvalue weighted by Gasteiger charge is 2.32. The van der Waals surface area contributed by atoms with Crippen molar-refractivity contribution in [1.82, 2.24) is 5.43 Å². The summed E-state index contributed by atoms with van der Waals surface area (Å²) < 4.78 is 0. The van der Waals surface area contributed by atoms with Gasteiger partial charge in [0.1, 0.15) is 0 Å². The zero-order valence-electron chi connectivity index (χ0n) is 11.2. The molecule has 0 saturated heterocycles. The van der Waals surface area contributed by atoms with Crippen LogP contribution in [-0.2, 0) is 5.41 Å². The van der Waals surface area contributed by atoms with E-state index in [1.54, 1.807) is 0 Å². The van der Waals surface area contributed by atoms with Gasteiger partial charge in [-0.3, -0.25) is 11.3 Å². The second kappa shape index (κ2) is 5.74. The molecule has 2 aromatic rings. The van der Waals surface area contributed by atoms with E-state index in [2.05, 4.69) is 31.4 Å². The van der Waals surface area contributed by atoms with Crippen molar-refractivity contribution in [3.8, 4) is 0 Å². The average molecular weight is 275 g/mol. The minimum Gasteiger partial charge on any atom is -0.271 e. The first-order chi connectivity index (χ1) is 9.07. The molecule has 0 aliphatic heterocycles. The van der Waals surface area contributed by atoms with E-state index in [1.807, 2.05) is 42.5 Å². The van der Waals surface area contributed by atoms with E-state index in [9.17, 15) is 0 Å². The molecular weight excluding hydrogens is 256 g/mol. The number of nitrogens with two attached hydrogens (primary N) is 1. The molecule has 0 aliphatic rings. The predicted octanol–water partition coefficient (Wildman–Crippen LogP) is 3.82. The molecule has 1 unspecified atom stereocenters. The van der Waals surface area contributed by atoms with Crippen LogP contribution >= 0.6 is 11.6 Å². The van der Waals surface area contributed by atoms with E-state index in [1.165, 1.54) is 5.56 Å². The highest BCUT2D eigenvalue weighted by atomic mass is 35.5. The monoisotopic (exact) mass is 274 g/mol. The average Bonchev–Trinajstić information content (AvgIpc) is 2.42. The first-order valence-electron chi connectivity index (χ1n) is 6.33. The Bertz CT molecular complexity index is 537. The Kier molecular flexibility index (Phi) is 4.25. The lowest BCUT2D eigenvalue weighted by atomic mass is 9.75. The van der Waals surface area contributed by atoms with Crippen molar-refractivity contribution in [2.24, 2.45) is 5.84 Å². The normalized spacial score (nSPS) is 13.3. The summed E-state index contributed by atoms with van der Waals surface area (Å²) in [6.07, 6.45) is 0. The number of hydrogen-bond acceptors (Lipinski definition) is 2. The van der Waals surface area contributed by atoms with Crippen LogP contribution in [-0.4, -0.2) is 0 Å². The Morgan fingerprint density at radius 3 is 2.16 bits per heavy atom. The van der Waals surface area contributed by atoms with Crippen LogP contribution in [0.25, 0.3) is 0 Å². The summed E-state index contributed by atoms with van der Waals surface area (Å²) in [7, 11) is 0. The molecule has 0 amide bonds. The van der Waals surface area contributed by atoms with Crippen LogP contribution in [0, 0.1) is 0 Å². The summed E-state index contributed by atoms with van der Waals surface area (Å²) in [6, 6.07) is 18.1. The Balaban J connectivity index is 2.45. The van der Waals surface area contributed by atoms with E-state index < -0.39 is 0 Å². The molecule has 1 atom stereocenters. The lowest BCUT2D eigenvalue weighted by Gasteiger charge is -2.35. The molecule has 0 spiro atoms. The summed E-state index contributed by atoms with van der Waals surface area (Å²) in [6.45, 7) is 4.33. The van der Waals surface area contributed by atoms with Gasteiger partial charge in [-0.15, -0.1) is 0 Å². The van der Waals surface area contributed by atoms with Gasteiger partial charge in [0.05, 0.1) is 6.04 Å². The van der Waals surface area contributed by atoms with Crippen molar-refractivity contribution >= 4 is 11.6 Å². The van der Waals surface area contributed by atoms with Gasteiger partial charge in [-0.25, -0.2) is 0 Å². The lowest BCUT2D eigenvalue weighted by Crippen LogP contribution is -2.41. The van der Waals surface area contributed by atoms with E-state index in [4.69, 9.17) is 17.4 Å². The minimum absolute atomic E-state index is 0.0522. The van der Waals surface area contributed by atoms with Crippen molar-refractivity contribution in [3.63, 3.8) is 0 Å². The molecule has 2 rings (SSSR count). The van der Waals surface area contributed by atoms with Crippen LogP contribution in [0.3, 0.4) is 0 Å². The van der Waals surface area contributed by atoms with Crippen molar-refractivity contribution in [2.75, 3.05) is 0 Å². The Morgan fingerprint density at radius 1 is 1.00 bits per heavy atom. The maximum absolute atomic E-state index is 6.30. The summed E-state index contributed by atoms with van der Waals surface area (Å²) in [4.78, 5) is 0. The molecule has 0 fully saturated rings. The van der Waals surface area contributed by atoms with Crippen LogP contribution in [0.1, 0.15) is 31.0 Å². The Hall–Kier alpha value is -1.35. The maximum atomic E-state index is 6.30. The standard InChI is InChI=1S/C16H19ClN2/c1-16(2,12-8-4-3-5-9-12)15(19-18)13-10-6-7-11-14(13)17/h3-11,15,19H,18H2,1-2H3. The van der Waals surface area contributed by atoms with Gasteiger partial charge in [0.25, 0.3) is 0 Å². The third-order valence-electron chi connectivity index (χ3n) is 3.62. The summed E-state index contributed by atoms with van der Waals surface area (Å²) in [5, 5.41) is 0.731. The molecule has 100 valence electrons. The van der Waals surface area contributed by atoms with E-state index in [-0.39, 0.29) is 11.5 Å². The predicted molar refractivity (Wildman–Crippen MR) is 81.0 cm³/mol. The van der Waals surface area contributed by atoms with Gasteiger partial charge in [0.2, 0.25) is 0 Å². The molecule has 0 bridgehead atoms. The van der Waals surface area contributed by atoms with Crippen molar-refractivity contribution in [1.29, 1.82) is 0 Å². The van der Waals surface area contributed by atoms with Crippen LogP contribution in [0.2, 0.25) is 5.02 Å². The zero-order chi connectivity index (χ0) is 13.9. The van der Waals surface area contributed by atoms with Crippen LogP contribution < -0.4 is 11.3 Å². The van der Waals surface area contributed by atoms with Crippen LogP contribution in [0.15, 0.2) is 54.6 Å². The van der Waals surface area contributed by atoms with Gasteiger partial charge in [-0.05, 0) is 17.2 Å². The van der Waals surface area contributed by atoms with Gasteiger partial charge in [0, 0.05) is 10.4 Å². The Morgan fingerprint density at radius 2 is 1.58 bits per heavy atom. The maximum Gasteiger partial charge on any atom is 0.0565 e. The first-order valence-corrected chi connectivity index (χ1v) is 6.71. The number of nitrogens with one attached hydrogen (secondary N) is 1. The third kappa shape index (κ3) is 2.81. The van der Waals surface area contributed by atoms with E-state index in [0.29, 0.717) is 0 Å². The number of benzene rings is 2. The molecule has 3 heteroatoms. The smallest absolute Gasteiger partial charge is 0.0565 e. The van der Waals surface area contributed by atoms with E-state index in [0.717, 1.165) is 10.6 Å². The quantitative estimate of drug-likeness (QED) is 0.657. The Labute approximate surface area is 119 Å². The van der Waals surface area contributed by atoms with Crippen molar-refractivity contribution in [3.05, 3.63) is 70.7 Å². The SMILES string of the molecule is CC(C)(c1ccccc1)C(NN)c1ccccc1Cl. The topological polar surface area (TPSA) is 38.0 Å². The first kappa shape index (κ1) is 14.1. The largest absolute Gasteiger partial charge is 0.271 e. The van der Waals surface area contributed by atoms with Gasteiger partial charge in [0.15, 0.2) is 0 Å². The molecule has 0 radical (unpaired) electrons. The summed E-state index contributed by atoms with van der Waals surface area (Å²) >= 11 is 6.30.